The molecule has 5 heteroatoms. The summed E-state index contributed by atoms with van der Waals surface area (Å²) in [4.78, 5) is 25.4. The van der Waals surface area contributed by atoms with Crippen LogP contribution in [-0.4, -0.2) is 29.9 Å². The van der Waals surface area contributed by atoms with Gasteiger partial charge in [-0.25, -0.2) is 4.79 Å². The largest absolute Gasteiger partial charge is 0.329 e. The van der Waals surface area contributed by atoms with Gasteiger partial charge in [0, 0.05) is 13.1 Å². The molecule has 102 valence electrons. The Hall–Kier alpha value is -1.88. The highest BCUT2D eigenvalue weighted by Crippen LogP contribution is 2.29. The Bertz CT molecular complexity index is 541. The van der Waals surface area contributed by atoms with Gasteiger partial charge in [-0.3, -0.25) is 9.69 Å². The van der Waals surface area contributed by atoms with Crippen molar-refractivity contribution in [3.63, 3.8) is 0 Å². The van der Waals surface area contributed by atoms with Crippen molar-refractivity contribution in [2.24, 2.45) is 5.73 Å². The van der Waals surface area contributed by atoms with Crippen molar-refractivity contribution in [2.45, 2.75) is 26.3 Å². The SMILES string of the molecule is Cc1ccc(C2(C)NC(=O)N(CCN)C2=O)cc1C. The number of nitrogens with two attached hydrogens (primary N) is 1. The maximum Gasteiger partial charge on any atom is 0.325 e. The van der Waals surface area contributed by atoms with Crippen LogP contribution in [0.15, 0.2) is 18.2 Å². The number of nitrogens with zero attached hydrogens (tertiary/aromatic N) is 1. The third kappa shape index (κ3) is 2.10. The van der Waals surface area contributed by atoms with Gasteiger partial charge in [0.1, 0.15) is 5.54 Å². The highest BCUT2D eigenvalue weighted by molar-refractivity contribution is 6.07. The van der Waals surface area contributed by atoms with E-state index in [1.807, 2.05) is 32.0 Å². The van der Waals surface area contributed by atoms with Crippen molar-refractivity contribution in [3.8, 4) is 0 Å². The molecule has 0 aliphatic carbocycles. The number of nitrogens with one attached hydrogen (secondary N) is 1. The molecule has 5 nitrogen and oxygen atoms in total. The number of hydrogen-bond donors (Lipinski definition) is 2. The van der Waals surface area contributed by atoms with Gasteiger partial charge in [-0.15, -0.1) is 0 Å². The monoisotopic (exact) mass is 261 g/mol. The topological polar surface area (TPSA) is 75.4 Å². The highest BCUT2D eigenvalue weighted by atomic mass is 16.2. The summed E-state index contributed by atoms with van der Waals surface area (Å²) in [6.07, 6.45) is 0. The Balaban J connectivity index is 2.40. The quantitative estimate of drug-likeness (QED) is 0.798. The number of carbonyl (C=O) groups is 2. The molecule has 1 fully saturated rings. The van der Waals surface area contributed by atoms with E-state index in [0.29, 0.717) is 0 Å². The molecule has 1 aromatic carbocycles. The van der Waals surface area contributed by atoms with Gasteiger partial charge in [0.2, 0.25) is 0 Å². The first-order valence-electron chi connectivity index (χ1n) is 6.32. The van der Waals surface area contributed by atoms with Crippen LogP contribution in [0.4, 0.5) is 4.79 Å². The van der Waals surface area contributed by atoms with Gasteiger partial charge in [-0.1, -0.05) is 18.2 Å². The molecule has 0 spiro atoms. The van der Waals surface area contributed by atoms with Gasteiger partial charge in [-0.2, -0.15) is 0 Å². The van der Waals surface area contributed by atoms with Gasteiger partial charge >= 0.3 is 6.03 Å². The first-order valence-corrected chi connectivity index (χ1v) is 6.32. The second-order valence-electron chi connectivity index (χ2n) is 5.10. The summed E-state index contributed by atoms with van der Waals surface area (Å²) in [6.45, 7) is 6.24. The van der Waals surface area contributed by atoms with Gasteiger partial charge in [-0.05, 0) is 37.5 Å². The highest BCUT2D eigenvalue weighted by Gasteiger charge is 2.48. The summed E-state index contributed by atoms with van der Waals surface area (Å²) >= 11 is 0. The Morgan fingerprint density at radius 3 is 2.53 bits per heavy atom. The lowest BCUT2D eigenvalue weighted by molar-refractivity contribution is -0.131. The first kappa shape index (κ1) is 13.5. The number of rotatable bonds is 3. The number of amides is 3. The summed E-state index contributed by atoms with van der Waals surface area (Å²) in [6, 6.07) is 5.41. The molecule has 0 aromatic heterocycles. The minimum atomic E-state index is -0.995. The van der Waals surface area contributed by atoms with E-state index in [0.717, 1.165) is 16.7 Å². The molecule has 1 aliphatic heterocycles. The molecule has 1 atom stereocenters. The third-order valence-corrected chi connectivity index (χ3v) is 3.71. The zero-order valence-corrected chi connectivity index (χ0v) is 11.5. The normalized spacial score (nSPS) is 22.8. The molecular formula is C14H19N3O2. The number of urea groups is 1. The van der Waals surface area contributed by atoms with Crippen LogP contribution in [0.3, 0.4) is 0 Å². The van der Waals surface area contributed by atoms with Crippen LogP contribution in [0.25, 0.3) is 0 Å². The van der Waals surface area contributed by atoms with Gasteiger partial charge in [0.05, 0.1) is 0 Å². The van der Waals surface area contributed by atoms with Crippen LogP contribution in [0.1, 0.15) is 23.6 Å². The minimum Gasteiger partial charge on any atom is -0.329 e. The van der Waals surface area contributed by atoms with Crippen LogP contribution < -0.4 is 11.1 Å². The number of carbonyl (C=O) groups excluding carboxylic acids is 2. The fraction of sp³-hybridized carbons (Fsp3) is 0.429. The Kier molecular flexibility index (Phi) is 3.32. The molecule has 0 bridgehead atoms. The third-order valence-electron chi connectivity index (χ3n) is 3.71. The molecule has 0 saturated carbocycles. The maximum absolute atomic E-state index is 12.4. The zero-order valence-electron chi connectivity index (χ0n) is 11.5. The van der Waals surface area contributed by atoms with Crippen molar-refractivity contribution in [1.82, 2.24) is 10.2 Å². The molecule has 0 radical (unpaired) electrons. The lowest BCUT2D eigenvalue weighted by atomic mass is 9.90. The second-order valence-corrected chi connectivity index (χ2v) is 5.10. The lowest BCUT2D eigenvalue weighted by Gasteiger charge is -2.23. The zero-order chi connectivity index (χ0) is 14.2. The van der Waals surface area contributed by atoms with Gasteiger partial charge < -0.3 is 11.1 Å². The molecule has 1 aromatic rings. The van der Waals surface area contributed by atoms with Crippen molar-refractivity contribution in [2.75, 3.05) is 13.1 Å². The number of hydrogen-bond acceptors (Lipinski definition) is 3. The predicted molar refractivity (Wildman–Crippen MR) is 72.6 cm³/mol. The van der Waals surface area contributed by atoms with E-state index in [2.05, 4.69) is 5.32 Å². The Morgan fingerprint density at radius 2 is 1.95 bits per heavy atom. The maximum atomic E-state index is 12.4. The molecule has 1 unspecified atom stereocenters. The summed E-state index contributed by atoms with van der Waals surface area (Å²) in [5.74, 6) is -0.244. The van der Waals surface area contributed by atoms with E-state index in [-0.39, 0.29) is 25.0 Å². The van der Waals surface area contributed by atoms with E-state index >= 15 is 0 Å². The predicted octanol–water partition coefficient (Wildman–Crippen LogP) is 1.03. The molecule has 1 heterocycles. The van der Waals surface area contributed by atoms with Gasteiger partial charge in [0.25, 0.3) is 5.91 Å². The number of aryl methyl sites for hydroxylation is 2. The smallest absolute Gasteiger partial charge is 0.325 e. The van der Waals surface area contributed by atoms with E-state index < -0.39 is 5.54 Å². The van der Waals surface area contributed by atoms with E-state index in [4.69, 9.17) is 5.73 Å². The molecule has 1 aliphatic rings. The summed E-state index contributed by atoms with van der Waals surface area (Å²) < 4.78 is 0. The lowest BCUT2D eigenvalue weighted by Crippen LogP contribution is -2.41. The Morgan fingerprint density at radius 1 is 1.26 bits per heavy atom. The van der Waals surface area contributed by atoms with Gasteiger partial charge in [0.15, 0.2) is 0 Å². The minimum absolute atomic E-state index is 0.241. The fourth-order valence-corrected chi connectivity index (χ4v) is 2.28. The number of imide groups is 1. The van der Waals surface area contributed by atoms with Crippen LogP contribution in [0.5, 0.6) is 0 Å². The average Bonchev–Trinajstić information content (AvgIpc) is 2.58. The molecule has 2 rings (SSSR count). The van der Waals surface area contributed by atoms with E-state index in [9.17, 15) is 9.59 Å². The molecule has 3 amide bonds. The fourth-order valence-electron chi connectivity index (χ4n) is 2.28. The standard InChI is InChI=1S/C14H19N3O2/c1-9-4-5-11(8-10(9)2)14(3)12(18)17(7-6-15)13(19)16-14/h4-5,8H,6-7,15H2,1-3H3,(H,16,19). The molecule has 3 N–H and O–H groups in total. The molecule has 19 heavy (non-hydrogen) atoms. The summed E-state index contributed by atoms with van der Waals surface area (Å²) in [7, 11) is 0. The van der Waals surface area contributed by atoms with Crippen LogP contribution in [0, 0.1) is 13.8 Å². The Labute approximate surface area is 112 Å². The molecule has 1 saturated heterocycles. The van der Waals surface area contributed by atoms with Crippen molar-refractivity contribution in [1.29, 1.82) is 0 Å². The average molecular weight is 261 g/mol. The van der Waals surface area contributed by atoms with Crippen LogP contribution in [0.2, 0.25) is 0 Å². The second kappa shape index (κ2) is 4.66. The van der Waals surface area contributed by atoms with Crippen LogP contribution >= 0.6 is 0 Å². The number of benzene rings is 1. The van der Waals surface area contributed by atoms with Crippen molar-refractivity contribution in [3.05, 3.63) is 34.9 Å². The summed E-state index contributed by atoms with van der Waals surface area (Å²) in [5, 5.41) is 2.76. The van der Waals surface area contributed by atoms with Crippen molar-refractivity contribution < 1.29 is 9.59 Å². The van der Waals surface area contributed by atoms with E-state index in [1.54, 1.807) is 6.92 Å². The first-order chi connectivity index (χ1) is 8.90. The van der Waals surface area contributed by atoms with E-state index in [1.165, 1.54) is 4.90 Å². The summed E-state index contributed by atoms with van der Waals surface area (Å²) in [5.41, 5.74) is 7.49. The van der Waals surface area contributed by atoms with Crippen molar-refractivity contribution >= 4 is 11.9 Å². The van der Waals surface area contributed by atoms with Crippen LogP contribution in [-0.2, 0) is 10.3 Å². The molecular weight excluding hydrogens is 242 g/mol.